The molecule has 0 aliphatic rings. The van der Waals surface area contributed by atoms with Crippen molar-refractivity contribution in [3.05, 3.63) is 5.21 Å². The topological polar surface area (TPSA) is 127 Å². The number of hydrogen-bond donors (Lipinski definition) is 2. The molecule has 0 rings (SSSR count). The number of hydroxylamine groups is 3. The van der Waals surface area contributed by atoms with Gasteiger partial charge in [-0.25, -0.2) is 0 Å². The highest BCUT2D eigenvalue weighted by Crippen LogP contribution is 2.14. The van der Waals surface area contributed by atoms with Crippen LogP contribution in [-0.2, 0) is 0 Å². The lowest BCUT2D eigenvalue weighted by molar-refractivity contribution is -0.881. The smallest absolute Gasteiger partial charge is 0.102 e. The second kappa shape index (κ2) is 22.8. The summed E-state index contributed by atoms with van der Waals surface area (Å²) in [6.45, 7) is 3.02. The van der Waals surface area contributed by atoms with Gasteiger partial charge in [0.25, 0.3) is 0 Å². The normalized spacial score (nSPS) is 11.1. The van der Waals surface area contributed by atoms with Gasteiger partial charge in [0.1, 0.15) is 13.1 Å². The van der Waals surface area contributed by atoms with E-state index in [4.69, 9.17) is 10.2 Å². The summed E-state index contributed by atoms with van der Waals surface area (Å²) < 4.78 is -0.439. The first-order valence-corrected chi connectivity index (χ1v) is 10.5. The zero-order valence-corrected chi connectivity index (χ0v) is 17.2. The van der Waals surface area contributed by atoms with Crippen LogP contribution in [-0.4, -0.2) is 58.7 Å². The Kier molecular flexibility index (Phi) is 26.7. The predicted molar refractivity (Wildman–Crippen MR) is 110 cm³/mol. The van der Waals surface area contributed by atoms with Crippen molar-refractivity contribution < 1.29 is 25.8 Å². The lowest BCUT2D eigenvalue weighted by Gasteiger charge is -2.42. The molecule has 0 atom stereocenters. The highest BCUT2D eigenvalue weighted by atomic mass is 16.5. The fraction of sp³-hybridized carbons (Fsp3) is 1.00. The van der Waals surface area contributed by atoms with Crippen molar-refractivity contribution in [3.8, 4) is 0 Å². The number of quaternary nitrogens is 1. The number of rotatable bonds is 19. The third kappa shape index (κ3) is 20.1. The Morgan fingerprint density at radius 2 is 0.846 bits per heavy atom. The maximum atomic E-state index is 12.2. The van der Waals surface area contributed by atoms with Gasteiger partial charge in [0.2, 0.25) is 0 Å². The number of hydrogen-bond acceptors (Lipinski definition) is 3. The van der Waals surface area contributed by atoms with E-state index >= 15 is 0 Å². The fourth-order valence-electron chi connectivity index (χ4n) is 3.29. The van der Waals surface area contributed by atoms with Crippen LogP contribution in [0.15, 0.2) is 0 Å². The Labute approximate surface area is 161 Å². The molecule has 0 amide bonds. The molecule has 0 aromatic heterocycles. The van der Waals surface area contributed by atoms with E-state index in [0.29, 0.717) is 6.54 Å². The molecule has 26 heavy (non-hydrogen) atoms. The van der Waals surface area contributed by atoms with Gasteiger partial charge in [0.05, 0.1) is 19.8 Å². The summed E-state index contributed by atoms with van der Waals surface area (Å²) in [5, 5.41) is 30.1. The van der Waals surface area contributed by atoms with Gasteiger partial charge in [-0.3, -0.25) is 0 Å². The summed E-state index contributed by atoms with van der Waals surface area (Å²) >= 11 is 0. The van der Waals surface area contributed by atoms with E-state index in [1.54, 1.807) is 0 Å². The minimum Gasteiger partial charge on any atom is -0.633 e. The molecule has 0 saturated carbocycles. The molecule has 6 heteroatoms. The molecule has 0 fully saturated rings. The molecule has 0 aliphatic heterocycles. The summed E-state index contributed by atoms with van der Waals surface area (Å²) in [5.41, 5.74) is 0. The predicted octanol–water partition coefficient (Wildman–Crippen LogP) is 3.12. The van der Waals surface area contributed by atoms with Crippen molar-refractivity contribution in [3.63, 3.8) is 0 Å². The molecular formula is C20H47NO5. The van der Waals surface area contributed by atoms with Gasteiger partial charge in [0, 0.05) is 0 Å². The van der Waals surface area contributed by atoms with Crippen LogP contribution in [0.5, 0.6) is 0 Å². The lowest BCUT2D eigenvalue weighted by Crippen LogP contribution is -2.47. The minimum absolute atomic E-state index is 0. The maximum absolute atomic E-state index is 12.2. The van der Waals surface area contributed by atoms with Crippen LogP contribution in [0.25, 0.3) is 0 Å². The first-order chi connectivity index (χ1) is 11.7. The quantitative estimate of drug-likeness (QED) is 0.203. The number of unbranched alkanes of at least 4 members (excludes halogenated alkanes) is 13. The van der Waals surface area contributed by atoms with Crippen LogP contribution >= 0.6 is 0 Å². The number of aliphatic hydroxyl groups is 2. The Bertz CT molecular complexity index is 248. The highest BCUT2D eigenvalue weighted by Gasteiger charge is 2.14. The van der Waals surface area contributed by atoms with Crippen LogP contribution in [0.4, 0.5) is 0 Å². The largest absolute Gasteiger partial charge is 0.633 e. The average molecular weight is 382 g/mol. The van der Waals surface area contributed by atoms with Crippen LogP contribution < -0.4 is 0 Å². The highest BCUT2D eigenvalue weighted by molar-refractivity contribution is 4.51. The summed E-state index contributed by atoms with van der Waals surface area (Å²) in [4.78, 5) is 0. The zero-order chi connectivity index (χ0) is 17.9. The molecule has 0 radical (unpaired) electrons. The van der Waals surface area contributed by atoms with Gasteiger partial charge >= 0.3 is 0 Å². The molecule has 0 aromatic rings. The van der Waals surface area contributed by atoms with Crippen molar-refractivity contribution in [2.45, 2.75) is 96.8 Å². The van der Waals surface area contributed by atoms with E-state index in [1.807, 2.05) is 0 Å². The van der Waals surface area contributed by atoms with E-state index in [9.17, 15) is 5.21 Å². The standard InChI is InChI=1S/C20H43NO3.2H2O/c1-2-3-4-5-6-7-8-9-10-11-12-13-14-15-16-21(24,17-19-22)18-20-23;;/h22-23H,2-20H2,1H3;2*1H2. The molecule has 0 aliphatic carbocycles. The van der Waals surface area contributed by atoms with Gasteiger partial charge in [-0.15, -0.1) is 0 Å². The van der Waals surface area contributed by atoms with E-state index < -0.39 is 4.65 Å². The molecule has 0 heterocycles. The van der Waals surface area contributed by atoms with Gasteiger partial charge in [-0.1, -0.05) is 84.0 Å². The van der Waals surface area contributed by atoms with E-state index in [1.165, 1.54) is 77.0 Å². The lowest BCUT2D eigenvalue weighted by atomic mass is 10.0. The van der Waals surface area contributed by atoms with Crippen molar-refractivity contribution in [1.82, 2.24) is 0 Å². The van der Waals surface area contributed by atoms with E-state index in [-0.39, 0.29) is 37.3 Å². The van der Waals surface area contributed by atoms with Crippen LogP contribution in [0, 0.1) is 5.21 Å². The van der Waals surface area contributed by atoms with Crippen LogP contribution in [0.1, 0.15) is 96.8 Å². The molecule has 6 N–H and O–H groups in total. The van der Waals surface area contributed by atoms with Gasteiger partial charge < -0.3 is 31.0 Å². The van der Waals surface area contributed by atoms with E-state index in [0.717, 1.165) is 12.8 Å². The van der Waals surface area contributed by atoms with Crippen molar-refractivity contribution >= 4 is 0 Å². The van der Waals surface area contributed by atoms with Crippen molar-refractivity contribution in [2.24, 2.45) is 0 Å². The Morgan fingerprint density at radius 1 is 0.538 bits per heavy atom. The van der Waals surface area contributed by atoms with E-state index in [2.05, 4.69) is 6.92 Å². The SMILES string of the molecule is CCCCCCCCCCCCCCCC[N+]([O-])(CCO)CCO.O.O. The third-order valence-electron chi connectivity index (χ3n) is 4.93. The third-order valence-corrected chi connectivity index (χ3v) is 4.93. The van der Waals surface area contributed by atoms with Crippen molar-refractivity contribution in [1.29, 1.82) is 0 Å². The second-order valence-corrected chi connectivity index (χ2v) is 7.27. The zero-order valence-electron chi connectivity index (χ0n) is 17.2. The number of aliphatic hydroxyl groups excluding tert-OH is 2. The Morgan fingerprint density at radius 3 is 1.15 bits per heavy atom. The van der Waals surface area contributed by atoms with Crippen LogP contribution in [0.3, 0.4) is 0 Å². The fourth-order valence-corrected chi connectivity index (χ4v) is 3.29. The monoisotopic (exact) mass is 381 g/mol. The first kappa shape index (κ1) is 30.5. The van der Waals surface area contributed by atoms with Crippen molar-refractivity contribution in [2.75, 3.05) is 32.8 Å². The number of nitrogens with zero attached hydrogens (tertiary/aromatic N) is 1. The molecule has 0 aromatic carbocycles. The molecular weight excluding hydrogens is 334 g/mol. The molecule has 0 spiro atoms. The molecule has 6 nitrogen and oxygen atoms in total. The average Bonchev–Trinajstić information content (AvgIpc) is 2.55. The van der Waals surface area contributed by atoms with Gasteiger partial charge in [-0.2, -0.15) is 0 Å². The summed E-state index contributed by atoms with van der Waals surface area (Å²) in [7, 11) is 0. The molecule has 0 bridgehead atoms. The molecule has 162 valence electrons. The first-order valence-electron chi connectivity index (χ1n) is 10.5. The summed E-state index contributed by atoms with van der Waals surface area (Å²) in [6, 6.07) is 0. The Balaban J connectivity index is -0.00000264. The van der Waals surface area contributed by atoms with Gasteiger partial charge in [0.15, 0.2) is 0 Å². The Hall–Kier alpha value is -0.240. The molecule has 0 saturated heterocycles. The maximum Gasteiger partial charge on any atom is 0.102 e. The molecule has 0 unspecified atom stereocenters. The minimum atomic E-state index is -0.439. The van der Waals surface area contributed by atoms with Crippen LogP contribution in [0.2, 0.25) is 0 Å². The summed E-state index contributed by atoms with van der Waals surface area (Å²) in [6.07, 6.45) is 18.3. The summed E-state index contributed by atoms with van der Waals surface area (Å²) in [5.74, 6) is 0. The second-order valence-electron chi connectivity index (χ2n) is 7.27. The van der Waals surface area contributed by atoms with Gasteiger partial charge in [-0.05, 0) is 12.8 Å².